The van der Waals surface area contributed by atoms with Crippen molar-refractivity contribution in [2.75, 3.05) is 42.9 Å². The summed E-state index contributed by atoms with van der Waals surface area (Å²) in [6, 6.07) is 14.6. The van der Waals surface area contributed by atoms with E-state index in [1.54, 1.807) is 0 Å². The number of hydrogen-bond acceptors (Lipinski definition) is 6. The van der Waals surface area contributed by atoms with Crippen LogP contribution in [0.1, 0.15) is 6.42 Å². The summed E-state index contributed by atoms with van der Waals surface area (Å²) < 4.78 is 5.76. The molecule has 2 aromatic carbocycles. The number of piperazine rings is 1. The number of para-hydroxylation sites is 1. The van der Waals surface area contributed by atoms with Gasteiger partial charge in [-0.25, -0.2) is 0 Å². The van der Waals surface area contributed by atoms with Crippen LogP contribution in [-0.4, -0.2) is 54.6 Å². The summed E-state index contributed by atoms with van der Waals surface area (Å²) in [5, 5.41) is 13.7. The van der Waals surface area contributed by atoms with Crippen molar-refractivity contribution in [2.45, 2.75) is 12.5 Å². The molecule has 1 atom stereocenters. The quantitative estimate of drug-likeness (QED) is 0.631. The van der Waals surface area contributed by atoms with Gasteiger partial charge in [0.25, 0.3) is 11.6 Å². The Hall–Kier alpha value is -3.13. The zero-order chi connectivity index (χ0) is 19.5. The third-order valence-electron chi connectivity index (χ3n) is 5.20. The number of ether oxygens (including phenoxy) is 1. The largest absolute Gasteiger partial charge is 0.478 e. The number of rotatable bonds is 5. The van der Waals surface area contributed by atoms with Crippen molar-refractivity contribution in [1.29, 1.82) is 0 Å². The summed E-state index contributed by atoms with van der Waals surface area (Å²) in [6.45, 7) is 4.47. The average molecular weight is 382 g/mol. The molecule has 2 aliphatic heterocycles. The predicted octanol–water partition coefficient (Wildman–Crippen LogP) is 2.51. The van der Waals surface area contributed by atoms with Crippen LogP contribution in [-0.2, 0) is 4.79 Å². The first-order chi connectivity index (χ1) is 13.6. The Labute approximate surface area is 162 Å². The maximum Gasteiger partial charge on any atom is 0.273 e. The SMILES string of the molecule is O=C1Nc2ccc([N+](=O)[O-])cc2O[C@H]1CCN1CCN(c2ccccc2)CC1. The Morgan fingerprint density at radius 1 is 1.11 bits per heavy atom. The van der Waals surface area contributed by atoms with Crippen LogP contribution >= 0.6 is 0 Å². The van der Waals surface area contributed by atoms with E-state index in [4.69, 9.17) is 4.74 Å². The number of nitrogens with one attached hydrogen (secondary N) is 1. The summed E-state index contributed by atoms with van der Waals surface area (Å²) in [5.41, 5.74) is 1.66. The summed E-state index contributed by atoms with van der Waals surface area (Å²) in [6.07, 6.45) is -0.0964. The fraction of sp³-hybridized carbons (Fsp3) is 0.350. The van der Waals surface area contributed by atoms with E-state index < -0.39 is 11.0 Å². The van der Waals surface area contributed by atoms with Gasteiger partial charge in [-0.3, -0.25) is 19.8 Å². The van der Waals surface area contributed by atoms with Crippen molar-refractivity contribution in [3.63, 3.8) is 0 Å². The lowest BCUT2D eigenvalue weighted by molar-refractivity contribution is -0.384. The van der Waals surface area contributed by atoms with E-state index in [-0.39, 0.29) is 11.6 Å². The minimum atomic E-state index is -0.637. The van der Waals surface area contributed by atoms with Gasteiger partial charge in [-0.1, -0.05) is 18.2 Å². The van der Waals surface area contributed by atoms with Crippen LogP contribution < -0.4 is 15.0 Å². The van der Waals surface area contributed by atoms with Gasteiger partial charge in [0.15, 0.2) is 11.9 Å². The van der Waals surface area contributed by atoms with Gasteiger partial charge < -0.3 is 15.0 Å². The van der Waals surface area contributed by atoms with Crippen LogP contribution in [0.4, 0.5) is 17.1 Å². The number of fused-ring (bicyclic) bond motifs is 1. The lowest BCUT2D eigenvalue weighted by Crippen LogP contribution is -2.48. The fourth-order valence-electron chi connectivity index (χ4n) is 3.60. The Morgan fingerprint density at radius 3 is 2.57 bits per heavy atom. The van der Waals surface area contributed by atoms with E-state index in [0.29, 0.717) is 17.9 Å². The molecule has 0 saturated carbocycles. The molecule has 28 heavy (non-hydrogen) atoms. The topological polar surface area (TPSA) is 87.9 Å². The van der Waals surface area contributed by atoms with Gasteiger partial charge in [-0.05, 0) is 18.2 Å². The minimum absolute atomic E-state index is 0.0503. The van der Waals surface area contributed by atoms with Crippen LogP contribution in [0.3, 0.4) is 0 Å². The van der Waals surface area contributed by atoms with Crippen molar-refractivity contribution >= 4 is 23.0 Å². The van der Waals surface area contributed by atoms with E-state index in [9.17, 15) is 14.9 Å². The van der Waals surface area contributed by atoms with Gasteiger partial charge in [0.1, 0.15) is 0 Å². The maximum absolute atomic E-state index is 12.3. The molecule has 1 saturated heterocycles. The van der Waals surface area contributed by atoms with Crippen molar-refractivity contribution in [2.24, 2.45) is 0 Å². The molecule has 146 valence electrons. The number of carbonyl (C=O) groups excluding carboxylic acids is 1. The number of carbonyl (C=O) groups is 1. The smallest absolute Gasteiger partial charge is 0.273 e. The van der Waals surface area contributed by atoms with E-state index in [1.807, 2.05) is 18.2 Å². The van der Waals surface area contributed by atoms with Gasteiger partial charge in [-0.15, -0.1) is 0 Å². The monoisotopic (exact) mass is 382 g/mol. The lowest BCUT2D eigenvalue weighted by atomic mass is 10.1. The number of non-ortho nitro benzene ring substituents is 1. The highest BCUT2D eigenvalue weighted by Crippen LogP contribution is 2.33. The van der Waals surface area contributed by atoms with E-state index >= 15 is 0 Å². The molecule has 4 rings (SSSR count). The third kappa shape index (κ3) is 3.91. The number of benzene rings is 2. The highest BCUT2D eigenvalue weighted by Gasteiger charge is 2.29. The van der Waals surface area contributed by atoms with Gasteiger partial charge in [-0.2, -0.15) is 0 Å². The molecule has 2 heterocycles. The number of amides is 1. The van der Waals surface area contributed by atoms with Crippen LogP contribution in [0.25, 0.3) is 0 Å². The molecular weight excluding hydrogens is 360 g/mol. The highest BCUT2D eigenvalue weighted by molar-refractivity contribution is 5.97. The van der Waals surface area contributed by atoms with Gasteiger partial charge >= 0.3 is 0 Å². The second kappa shape index (κ2) is 7.85. The molecular formula is C20H22N4O4. The molecule has 0 aromatic heterocycles. The lowest BCUT2D eigenvalue weighted by Gasteiger charge is -2.36. The van der Waals surface area contributed by atoms with Crippen LogP contribution in [0.15, 0.2) is 48.5 Å². The zero-order valence-electron chi connectivity index (χ0n) is 15.4. The number of anilines is 2. The molecule has 0 spiro atoms. The van der Waals surface area contributed by atoms with Crippen molar-refractivity contribution in [3.05, 3.63) is 58.6 Å². The van der Waals surface area contributed by atoms with Crippen molar-refractivity contribution < 1.29 is 14.5 Å². The molecule has 1 amide bonds. The predicted molar refractivity (Wildman–Crippen MR) is 106 cm³/mol. The molecule has 1 fully saturated rings. The van der Waals surface area contributed by atoms with Crippen molar-refractivity contribution in [1.82, 2.24) is 4.90 Å². The maximum atomic E-state index is 12.3. The Bertz CT molecular complexity index is 866. The number of hydrogen-bond donors (Lipinski definition) is 1. The number of nitro benzene ring substituents is 1. The van der Waals surface area contributed by atoms with E-state index in [2.05, 4.69) is 27.2 Å². The van der Waals surface area contributed by atoms with Crippen LogP contribution in [0, 0.1) is 10.1 Å². The Balaban J connectivity index is 1.31. The molecule has 0 bridgehead atoms. The summed E-state index contributed by atoms with van der Waals surface area (Å²) in [5.74, 6) is 0.150. The van der Waals surface area contributed by atoms with Gasteiger partial charge in [0, 0.05) is 50.9 Å². The average Bonchev–Trinajstić information content (AvgIpc) is 2.73. The minimum Gasteiger partial charge on any atom is -0.478 e. The zero-order valence-corrected chi connectivity index (χ0v) is 15.4. The molecule has 0 aliphatic carbocycles. The third-order valence-corrected chi connectivity index (χ3v) is 5.20. The number of nitrogens with zero attached hydrogens (tertiary/aromatic N) is 3. The molecule has 1 N–H and O–H groups in total. The van der Waals surface area contributed by atoms with Gasteiger partial charge in [0.05, 0.1) is 16.7 Å². The second-order valence-corrected chi connectivity index (χ2v) is 6.99. The van der Waals surface area contributed by atoms with Gasteiger partial charge in [0.2, 0.25) is 0 Å². The molecule has 0 unspecified atom stereocenters. The first-order valence-corrected chi connectivity index (χ1v) is 9.38. The summed E-state index contributed by atoms with van der Waals surface area (Å²) >= 11 is 0. The molecule has 8 heteroatoms. The number of nitro groups is 1. The fourth-order valence-corrected chi connectivity index (χ4v) is 3.60. The molecule has 0 radical (unpaired) electrons. The van der Waals surface area contributed by atoms with E-state index in [0.717, 1.165) is 32.7 Å². The summed E-state index contributed by atoms with van der Waals surface area (Å²) in [4.78, 5) is 27.4. The normalized spacial score (nSPS) is 19.5. The van der Waals surface area contributed by atoms with E-state index in [1.165, 1.54) is 23.9 Å². The standard InChI is InChI=1S/C20H22N4O4/c25-20-18(28-19-14-16(24(26)27)6-7-17(19)21-20)8-9-22-10-12-23(13-11-22)15-4-2-1-3-5-15/h1-7,14,18H,8-13H2,(H,21,25)/t18-/m0/s1. The first-order valence-electron chi connectivity index (χ1n) is 9.38. The van der Waals surface area contributed by atoms with Crippen LogP contribution in [0.5, 0.6) is 5.75 Å². The highest BCUT2D eigenvalue weighted by atomic mass is 16.6. The Morgan fingerprint density at radius 2 is 1.86 bits per heavy atom. The summed E-state index contributed by atoms with van der Waals surface area (Å²) in [7, 11) is 0. The van der Waals surface area contributed by atoms with Crippen molar-refractivity contribution in [3.8, 4) is 5.75 Å². The second-order valence-electron chi connectivity index (χ2n) is 6.99. The Kier molecular flexibility index (Phi) is 5.12. The van der Waals surface area contributed by atoms with Crippen LogP contribution in [0.2, 0.25) is 0 Å². The molecule has 2 aliphatic rings. The molecule has 2 aromatic rings. The molecule has 8 nitrogen and oxygen atoms in total. The first kappa shape index (κ1) is 18.2.